The lowest BCUT2D eigenvalue weighted by molar-refractivity contribution is 0.0934. The van der Waals surface area contributed by atoms with Crippen molar-refractivity contribution in [3.8, 4) is 0 Å². The van der Waals surface area contributed by atoms with E-state index < -0.39 is 16.1 Å². The van der Waals surface area contributed by atoms with Crippen molar-refractivity contribution in [1.82, 2.24) is 14.2 Å². The fraction of sp³-hybridized carbons (Fsp3) is 0.375. The standard InChI is InChI=1S/C16H19N3O4S/c1-2-23-16(20)18-8-10-19(11-9-18)24(21,22)15-5-3-4-13-12-17-7-6-14(13)15/h3-7,12H,2,8-11H2,1H3. The van der Waals surface area contributed by atoms with E-state index in [1.165, 1.54) is 9.21 Å². The number of sulfonamides is 1. The van der Waals surface area contributed by atoms with Crippen molar-refractivity contribution in [2.45, 2.75) is 11.8 Å². The zero-order chi connectivity index (χ0) is 17.2. The number of aromatic nitrogens is 1. The maximum atomic E-state index is 13.0. The minimum Gasteiger partial charge on any atom is -0.450 e. The van der Waals surface area contributed by atoms with E-state index in [9.17, 15) is 13.2 Å². The lowest BCUT2D eigenvalue weighted by atomic mass is 10.2. The summed E-state index contributed by atoms with van der Waals surface area (Å²) in [5, 5.41) is 1.43. The third-order valence-electron chi connectivity index (χ3n) is 4.02. The molecule has 0 spiro atoms. The molecule has 0 aliphatic carbocycles. The normalized spacial score (nSPS) is 16.3. The Kier molecular flexibility index (Phi) is 4.68. The quantitative estimate of drug-likeness (QED) is 0.842. The molecular formula is C16H19N3O4S. The molecule has 0 saturated carbocycles. The van der Waals surface area contributed by atoms with Gasteiger partial charge in [0.25, 0.3) is 0 Å². The van der Waals surface area contributed by atoms with E-state index in [0.29, 0.717) is 25.1 Å². The van der Waals surface area contributed by atoms with E-state index in [0.717, 1.165) is 5.39 Å². The number of hydrogen-bond acceptors (Lipinski definition) is 5. The largest absolute Gasteiger partial charge is 0.450 e. The molecule has 8 heteroatoms. The van der Waals surface area contributed by atoms with Gasteiger partial charge < -0.3 is 9.64 Å². The fourth-order valence-electron chi connectivity index (χ4n) is 2.78. The van der Waals surface area contributed by atoms with Crippen LogP contribution in [0, 0.1) is 0 Å². The van der Waals surface area contributed by atoms with Crippen molar-refractivity contribution in [2.24, 2.45) is 0 Å². The zero-order valence-electron chi connectivity index (χ0n) is 13.4. The van der Waals surface area contributed by atoms with Gasteiger partial charge in [-0.05, 0) is 19.1 Å². The maximum Gasteiger partial charge on any atom is 0.409 e. The molecule has 2 aromatic rings. The predicted octanol–water partition coefficient (Wildman–Crippen LogP) is 1.70. The predicted molar refractivity (Wildman–Crippen MR) is 89.1 cm³/mol. The molecule has 3 rings (SSSR count). The van der Waals surface area contributed by atoms with Gasteiger partial charge in [-0.15, -0.1) is 0 Å². The number of fused-ring (bicyclic) bond motifs is 1. The highest BCUT2D eigenvalue weighted by molar-refractivity contribution is 7.89. The summed E-state index contributed by atoms with van der Waals surface area (Å²) in [4.78, 5) is 17.6. The maximum absolute atomic E-state index is 13.0. The molecule has 0 bridgehead atoms. The van der Waals surface area contributed by atoms with Gasteiger partial charge in [0.1, 0.15) is 0 Å². The monoisotopic (exact) mass is 349 g/mol. The van der Waals surface area contributed by atoms with Gasteiger partial charge in [0.2, 0.25) is 10.0 Å². The third kappa shape index (κ3) is 3.07. The Morgan fingerprint density at radius 3 is 2.67 bits per heavy atom. The number of carbonyl (C=O) groups excluding carboxylic acids is 1. The van der Waals surface area contributed by atoms with Crippen LogP contribution >= 0.6 is 0 Å². The molecule has 2 heterocycles. The van der Waals surface area contributed by atoms with Gasteiger partial charge in [-0.3, -0.25) is 4.98 Å². The van der Waals surface area contributed by atoms with Crippen molar-refractivity contribution in [2.75, 3.05) is 32.8 Å². The summed E-state index contributed by atoms with van der Waals surface area (Å²) >= 11 is 0. The van der Waals surface area contributed by atoms with Crippen molar-refractivity contribution >= 4 is 26.9 Å². The number of pyridine rings is 1. The second-order valence-electron chi connectivity index (χ2n) is 5.44. The Balaban J connectivity index is 1.83. The third-order valence-corrected chi connectivity index (χ3v) is 5.98. The van der Waals surface area contributed by atoms with Crippen molar-refractivity contribution in [1.29, 1.82) is 0 Å². The molecule has 1 aromatic heterocycles. The second kappa shape index (κ2) is 6.74. The highest BCUT2D eigenvalue weighted by atomic mass is 32.2. The molecule has 0 atom stereocenters. The summed E-state index contributed by atoms with van der Waals surface area (Å²) in [7, 11) is -3.62. The average molecular weight is 349 g/mol. The Hall–Kier alpha value is -2.19. The van der Waals surface area contributed by atoms with Crippen LogP contribution < -0.4 is 0 Å². The average Bonchev–Trinajstić information content (AvgIpc) is 2.61. The van der Waals surface area contributed by atoms with Crippen LogP contribution in [0.2, 0.25) is 0 Å². The van der Waals surface area contributed by atoms with Crippen LogP contribution in [0.1, 0.15) is 6.92 Å². The van der Waals surface area contributed by atoms with Crippen LogP contribution in [-0.2, 0) is 14.8 Å². The SMILES string of the molecule is CCOC(=O)N1CCN(S(=O)(=O)c2cccc3cnccc23)CC1. The van der Waals surface area contributed by atoms with Gasteiger partial charge in [-0.2, -0.15) is 4.31 Å². The highest BCUT2D eigenvalue weighted by Gasteiger charge is 2.31. The molecule has 1 aliphatic heterocycles. The lowest BCUT2D eigenvalue weighted by Crippen LogP contribution is -2.50. The zero-order valence-corrected chi connectivity index (χ0v) is 14.2. The number of benzene rings is 1. The Labute approximate surface area is 140 Å². The van der Waals surface area contributed by atoms with Gasteiger partial charge in [0.15, 0.2) is 0 Å². The number of carbonyl (C=O) groups is 1. The number of hydrogen-bond donors (Lipinski definition) is 0. The Morgan fingerprint density at radius 2 is 1.96 bits per heavy atom. The van der Waals surface area contributed by atoms with Gasteiger partial charge in [0, 0.05) is 49.3 Å². The van der Waals surface area contributed by atoms with Gasteiger partial charge in [0.05, 0.1) is 11.5 Å². The first-order valence-corrected chi connectivity index (χ1v) is 9.22. The van der Waals surface area contributed by atoms with E-state index in [-0.39, 0.29) is 18.0 Å². The van der Waals surface area contributed by atoms with Crippen LogP contribution in [0.15, 0.2) is 41.6 Å². The topological polar surface area (TPSA) is 79.8 Å². The summed E-state index contributed by atoms with van der Waals surface area (Å²) in [6.45, 7) is 3.20. The number of piperazine rings is 1. The molecule has 128 valence electrons. The van der Waals surface area contributed by atoms with Crippen LogP contribution in [0.25, 0.3) is 10.8 Å². The van der Waals surface area contributed by atoms with Gasteiger partial charge in [-0.1, -0.05) is 12.1 Å². The minimum absolute atomic E-state index is 0.253. The first-order valence-electron chi connectivity index (χ1n) is 7.78. The Bertz CT molecular complexity index is 840. The summed E-state index contributed by atoms with van der Waals surface area (Å²) in [5.74, 6) is 0. The van der Waals surface area contributed by atoms with Gasteiger partial charge >= 0.3 is 6.09 Å². The molecule has 1 amide bonds. The minimum atomic E-state index is -3.62. The molecule has 7 nitrogen and oxygen atoms in total. The number of amides is 1. The molecule has 1 aromatic carbocycles. The number of ether oxygens (including phenoxy) is 1. The van der Waals surface area contributed by atoms with Crippen LogP contribution in [-0.4, -0.2) is 61.5 Å². The summed E-state index contributed by atoms with van der Waals surface area (Å²) in [6.07, 6.45) is 2.83. The first kappa shape index (κ1) is 16.7. The molecule has 0 N–H and O–H groups in total. The highest BCUT2D eigenvalue weighted by Crippen LogP contribution is 2.25. The van der Waals surface area contributed by atoms with Crippen molar-refractivity contribution in [3.63, 3.8) is 0 Å². The van der Waals surface area contributed by atoms with E-state index in [2.05, 4.69) is 4.98 Å². The smallest absolute Gasteiger partial charge is 0.409 e. The van der Waals surface area contributed by atoms with Crippen LogP contribution in [0.4, 0.5) is 4.79 Å². The van der Waals surface area contributed by atoms with E-state index in [4.69, 9.17) is 4.74 Å². The second-order valence-corrected chi connectivity index (χ2v) is 7.35. The summed E-state index contributed by atoms with van der Waals surface area (Å²) < 4.78 is 32.3. The first-order chi connectivity index (χ1) is 11.5. The van der Waals surface area contributed by atoms with E-state index >= 15 is 0 Å². The van der Waals surface area contributed by atoms with Crippen molar-refractivity contribution < 1.29 is 17.9 Å². The Morgan fingerprint density at radius 1 is 1.21 bits per heavy atom. The molecule has 1 fully saturated rings. The van der Waals surface area contributed by atoms with Crippen LogP contribution in [0.3, 0.4) is 0 Å². The van der Waals surface area contributed by atoms with Crippen molar-refractivity contribution in [3.05, 3.63) is 36.7 Å². The molecule has 1 saturated heterocycles. The lowest BCUT2D eigenvalue weighted by Gasteiger charge is -2.33. The number of nitrogens with zero attached hydrogens (tertiary/aromatic N) is 3. The van der Waals surface area contributed by atoms with Crippen LogP contribution in [0.5, 0.6) is 0 Å². The van der Waals surface area contributed by atoms with E-state index in [1.54, 1.807) is 37.5 Å². The van der Waals surface area contributed by atoms with Gasteiger partial charge in [-0.25, -0.2) is 13.2 Å². The summed E-state index contributed by atoms with van der Waals surface area (Å²) in [6, 6.07) is 6.86. The molecular weight excluding hydrogens is 330 g/mol. The fourth-order valence-corrected chi connectivity index (χ4v) is 4.42. The number of rotatable bonds is 3. The molecule has 0 radical (unpaired) electrons. The molecule has 24 heavy (non-hydrogen) atoms. The molecule has 0 unspecified atom stereocenters. The summed E-state index contributed by atoms with van der Waals surface area (Å²) in [5.41, 5.74) is 0. The molecule has 1 aliphatic rings. The van der Waals surface area contributed by atoms with E-state index in [1.807, 2.05) is 6.07 Å².